The summed E-state index contributed by atoms with van der Waals surface area (Å²) in [5, 5.41) is 3.52. The van der Waals surface area contributed by atoms with E-state index in [0.29, 0.717) is 0 Å². The van der Waals surface area contributed by atoms with Gasteiger partial charge in [-0.05, 0) is 40.2 Å². The summed E-state index contributed by atoms with van der Waals surface area (Å²) in [5.74, 6) is 0. The van der Waals surface area contributed by atoms with Gasteiger partial charge in [-0.1, -0.05) is 32.1 Å². The highest BCUT2D eigenvalue weighted by Crippen LogP contribution is 2.07. The van der Waals surface area contributed by atoms with Crippen LogP contribution in [0, 0.1) is 0 Å². The minimum absolute atomic E-state index is 0.278. The lowest BCUT2D eigenvalue weighted by atomic mass is 10.1. The van der Waals surface area contributed by atoms with Crippen molar-refractivity contribution in [2.24, 2.45) is 0 Å². The molecule has 0 spiro atoms. The number of hydrogen-bond donors (Lipinski definition) is 1. The van der Waals surface area contributed by atoms with Crippen LogP contribution in [0.15, 0.2) is 0 Å². The van der Waals surface area contributed by atoms with Gasteiger partial charge in [-0.15, -0.1) is 0 Å². The molecule has 0 fully saturated rings. The second kappa shape index (κ2) is 10.1. The number of rotatable bonds is 10. The van der Waals surface area contributed by atoms with Crippen LogP contribution < -0.4 is 5.32 Å². The van der Waals surface area contributed by atoms with Gasteiger partial charge in [0.25, 0.3) is 0 Å². The lowest BCUT2D eigenvalue weighted by Gasteiger charge is -2.20. The van der Waals surface area contributed by atoms with E-state index >= 15 is 0 Å². The maximum atomic E-state index is 5.03. The highest BCUT2D eigenvalue weighted by molar-refractivity contribution is 4.69. The first-order valence-electron chi connectivity index (χ1n) is 6.80. The third-order valence-corrected chi connectivity index (χ3v) is 2.68. The molecule has 0 unspecified atom stereocenters. The first kappa shape index (κ1) is 15.9. The molecule has 0 aliphatic rings. The van der Waals surface area contributed by atoms with E-state index in [1.807, 2.05) is 0 Å². The van der Waals surface area contributed by atoms with Gasteiger partial charge >= 0.3 is 0 Å². The van der Waals surface area contributed by atoms with E-state index in [0.717, 1.165) is 13.2 Å². The van der Waals surface area contributed by atoms with Crippen LogP contribution in [0.5, 0.6) is 0 Å². The van der Waals surface area contributed by atoms with Crippen LogP contribution in [0.25, 0.3) is 0 Å². The Balaban J connectivity index is 2.99. The first-order valence-corrected chi connectivity index (χ1v) is 6.80. The molecule has 2 nitrogen and oxygen atoms in total. The van der Waals surface area contributed by atoms with Crippen LogP contribution in [0.3, 0.4) is 0 Å². The first-order chi connectivity index (χ1) is 7.56. The van der Waals surface area contributed by atoms with E-state index < -0.39 is 0 Å². The average Bonchev–Trinajstić information content (AvgIpc) is 2.19. The van der Waals surface area contributed by atoms with Crippen molar-refractivity contribution in [1.29, 1.82) is 0 Å². The zero-order valence-electron chi connectivity index (χ0n) is 11.8. The van der Waals surface area contributed by atoms with E-state index in [-0.39, 0.29) is 5.54 Å². The molecule has 0 aliphatic carbocycles. The molecule has 0 saturated carbocycles. The molecule has 98 valence electrons. The lowest BCUT2D eigenvalue weighted by molar-refractivity contribution is 0.192. The second-order valence-electron chi connectivity index (χ2n) is 5.64. The molecule has 0 rings (SSSR count). The second-order valence-corrected chi connectivity index (χ2v) is 5.64. The molecule has 16 heavy (non-hydrogen) atoms. The molecular formula is C14H31NO. The monoisotopic (exact) mass is 229 g/mol. The van der Waals surface area contributed by atoms with Crippen molar-refractivity contribution in [3.8, 4) is 0 Å². The van der Waals surface area contributed by atoms with E-state index in [9.17, 15) is 0 Å². The molecule has 0 radical (unpaired) electrons. The highest BCUT2D eigenvalue weighted by Gasteiger charge is 2.06. The molecule has 0 saturated heterocycles. The van der Waals surface area contributed by atoms with Crippen LogP contribution >= 0.6 is 0 Å². The minimum Gasteiger partial charge on any atom is -0.385 e. The van der Waals surface area contributed by atoms with Crippen molar-refractivity contribution in [2.45, 2.75) is 71.3 Å². The summed E-state index contributed by atoms with van der Waals surface area (Å²) in [6.45, 7) is 8.76. The Morgan fingerprint density at radius 1 is 0.812 bits per heavy atom. The summed E-state index contributed by atoms with van der Waals surface area (Å²) in [4.78, 5) is 0. The van der Waals surface area contributed by atoms with Crippen LogP contribution in [-0.2, 0) is 4.74 Å². The number of nitrogens with one attached hydrogen (secondary N) is 1. The van der Waals surface area contributed by atoms with Gasteiger partial charge in [0.05, 0.1) is 0 Å². The topological polar surface area (TPSA) is 21.3 Å². The molecule has 0 aromatic carbocycles. The molecule has 0 aromatic heterocycles. The van der Waals surface area contributed by atoms with Crippen LogP contribution in [0.2, 0.25) is 0 Å². The zero-order chi connectivity index (χ0) is 12.3. The predicted molar refractivity (Wildman–Crippen MR) is 72.0 cm³/mol. The van der Waals surface area contributed by atoms with E-state index in [2.05, 4.69) is 26.1 Å². The third kappa shape index (κ3) is 13.9. The molecule has 1 N–H and O–H groups in total. The normalized spacial score (nSPS) is 12.0. The Kier molecular flexibility index (Phi) is 10.0. The zero-order valence-corrected chi connectivity index (χ0v) is 11.8. The highest BCUT2D eigenvalue weighted by atomic mass is 16.5. The van der Waals surface area contributed by atoms with E-state index in [4.69, 9.17) is 4.74 Å². The summed E-state index contributed by atoms with van der Waals surface area (Å²) >= 11 is 0. The largest absolute Gasteiger partial charge is 0.385 e. The molecular weight excluding hydrogens is 198 g/mol. The quantitative estimate of drug-likeness (QED) is 0.576. The Morgan fingerprint density at radius 3 is 1.81 bits per heavy atom. The fourth-order valence-corrected chi connectivity index (χ4v) is 1.72. The Hall–Kier alpha value is -0.0800. The fourth-order valence-electron chi connectivity index (χ4n) is 1.72. The SMILES string of the molecule is COCCCCCCCCCNC(C)(C)C. The van der Waals surface area contributed by atoms with Gasteiger partial charge in [-0.2, -0.15) is 0 Å². The third-order valence-electron chi connectivity index (χ3n) is 2.68. The average molecular weight is 229 g/mol. The van der Waals surface area contributed by atoms with Crippen molar-refractivity contribution in [2.75, 3.05) is 20.3 Å². The summed E-state index contributed by atoms with van der Waals surface area (Å²) < 4.78 is 5.03. The van der Waals surface area contributed by atoms with E-state index in [1.54, 1.807) is 7.11 Å². The Morgan fingerprint density at radius 2 is 1.31 bits per heavy atom. The molecule has 2 heteroatoms. The maximum Gasteiger partial charge on any atom is 0.0462 e. The van der Waals surface area contributed by atoms with Gasteiger partial charge in [0, 0.05) is 19.3 Å². The Bertz CT molecular complexity index is 140. The molecule has 0 amide bonds. The summed E-state index contributed by atoms with van der Waals surface area (Å²) in [5.41, 5.74) is 0.278. The van der Waals surface area contributed by atoms with Crippen molar-refractivity contribution < 1.29 is 4.74 Å². The molecule has 0 aromatic rings. The number of ether oxygens (including phenoxy) is 1. The lowest BCUT2D eigenvalue weighted by Crippen LogP contribution is -2.36. The molecule has 0 bridgehead atoms. The molecule has 0 heterocycles. The molecule has 0 aliphatic heterocycles. The number of hydrogen-bond acceptors (Lipinski definition) is 2. The Labute approximate surface area is 102 Å². The minimum atomic E-state index is 0.278. The number of unbranched alkanes of at least 4 members (excludes halogenated alkanes) is 6. The van der Waals surface area contributed by atoms with Crippen LogP contribution in [0.4, 0.5) is 0 Å². The van der Waals surface area contributed by atoms with Gasteiger partial charge < -0.3 is 10.1 Å². The van der Waals surface area contributed by atoms with Crippen molar-refractivity contribution in [3.63, 3.8) is 0 Å². The predicted octanol–water partition coefficient (Wildman–Crippen LogP) is 3.75. The standard InChI is InChI=1S/C14H31NO/c1-14(2,3)15-12-10-8-6-5-7-9-11-13-16-4/h15H,5-13H2,1-4H3. The van der Waals surface area contributed by atoms with Crippen molar-refractivity contribution in [3.05, 3.63) is 0 Å². The number of methoxy groups -OCH3 is 1. The van der Waals surface area contributed by atoms with Crippen LogP contribution in [-0.4, -0.2) is 25.8 Å². The van der Waals surface area contributed by atoms with Gasteiger partial charge in [-0.25, -0.2) is 0 Å². The maximum absolute atomic E-state index is 5.03. The van der Waals surface area contributed by atoms with Gasteiger partial charge in [0.1, 0.15) is 0 Å². The summed E-state index contributed by atoms with van der Waals surface area (Å²) in [6.07, 6.45) is 9.38. The molecule has 0 atom stereocenters. The van der Waals surface area contributed by atoms with E-state index in [1.165, 1.54) is 44.9 Å². The van der Waals surface area contributed by atoms with Gasteiger partial charge in [-0.3, -0.25) is 0 Å². The van der Waals surface area contributed by atoms with Crippen molar-refractivity contribution in [1.82, 2.24) is 5.32 Å². The summed E-state index contributed by atoms with van der Waals surface area (Å²) in [6, 6.07) is 0. The van der Waals surface area contributed by atoms with Crippen molar-refractivity contribution >= 4 is 0 Å². The van der Waals surface area contributed by atoms with Crippen LogP contribution in [0.1, 0.15) is 65.7 Å². The van der Waals surface area contributed by atoms with Gasteiger partial charge in [0.15, 0.2) is 0 Å². The fraction of sp³-hybridized carbons (Fsp3) is 1.00. The van der Waals surface area contributed by atoms with Gasteiger partial charge in [0.2, 0.25) is 0 Å². The summed E-state index contributed by atoms with van der Waals surface area (Å²) in [7, 11) is 1.78. The smallest absolute Gasteiger partial charge is 0.0462 e.